The Hall–Kier alpha value is -2.63. The summed E-state index contributed by atoms with van der Waals surface area (Å²) in [7, 11) is 0. The van der Waals surface area contributed by atoms with Gasteiger partial charge in [0.15, 0.2) is 0 Å². The maximum absolute atomic E-state index is 12.3. The van der Waals surface area contributed by atoms with Crippen molar-refractivity contribution in [3.63, 3.8) is 0 Å². The number of H-pyrrole nitrogens is 1. The van der Waals surface area contributed by atoms with Crippen LogP contribution in [0.1, 0.15) is 35.6 Å². The SMILES string of the molecule is CCc1nc(C)c(CC(=O)NC2COc3ccccc32)c(=O)[nH]1. The fraction of sp³-hybridized carbons (Fsp3) is 0.353. The van der Waals surface area contributed by atoms with E-state index in [-0.39, 0.29) is 23.9 Å². The number of ether oxygens (including phenoxy) is 1. The van der Waals surface area contributed by atoms with E-state index >= 15 is 0 Å². The van der Waals surface area contributed by atoms with Crippen molar-refractivity contribution < 1.29 is 9.53 Å². The number of rotatable bonds is 4. The van der Waals surface area contributed by atoms with Crippen LogP contribution in [0.15, 0.2) is 29.1 Å². The highest BCUT2D eigenvalue weighted by Crippen LogP contribution is 2.31. The highest BCUT2D eigenvalue weighted by Gasteiger charge is 2.25. The van der Waals surface area contributed by atoms with Crippen molar-refractivity contribution >= 4 is 5.91 Å². The summed E-state index contributed by atoms with van der Waals surface area (Å²) in [5.41, 5.74) is 1.73. The van der Waals surface area contributed by atoms with Crippen molar-refractivity contribution in [3.05, 3.63) is 57.3 Å². The molecule has 1 aromatic carbocycles. The van der Waals surface area contributed by atoms with Crippen LogP contribution in [0, 0.1) is 6.92 Å². The van der Waals surface area contributed by atoms with Crippen LogP contribution < -0.4 is 15.6 Å². The normalized spacial score (nSPS) is 15.8. The zero-order valence-corrected chi connectivity index (χ0v) is 13.2. The summed E-state index contributed by atoms with van der Waals surface area (Å²) in [6, 6.07) is 7.44. The molecule has 0 aliphatic carbocycles. The molecule has 0 bridgehead atoms. The molecular weight excluding hydrogens is 294 g/mol. The van der Waals surface area contributed by atoms with Gasteiger partial charge in [-0.1, -0.05) is 25.1 Å². The van der Waals surface area contributed by atoms with Crippen molar-refractivity contribution in [1.29, 1.82) is 0 Å². The second kappa shape index (κ2) is 6.24. The molecule has 1 aromatic heterocycles. The van der Waals surface area contributed by atoms with Gasteiger partial charge in [-0.05, 0) is 13.0 Å². The molecule has 2 N–H and O–H groups in total. The molecule has 0 saturated heterocycles. The van der Waals surface area contributed by atoms with Gasteiger partial charge in [0, 0.05) is 23.2 Å². The van der Waals surface area contributed by atoms with Gasteiger partial charge in [0.25, 0.3) is 5.56 Å². The van der Waals surface area contributed by atoms with Gasteiger partial charge in [-0.2, -0.15) is 0 Å². The van der Waals surface area contributed by atoms with Crippen LogP contribution in [0.2, 0.25) is 0 Å². The van der Waals surface area contributed by atoms with Gasteiger partial charge in [0.2, 0.25) is 5.91 Å². The van der Waals surface area contributed by atoms with Crippen molar-refractivity contribution in [2.45, 2.75) is 32.7 Å². The number of nitrogens with zero attached hydrogens (tertiary/aromatic N) is 1. The molecule has 1 unspecified atom stereocenters. The van der Waals surface area contributed by atoms with Crippen LogP contribution in [0.5, 0.6) is 5.75 Å². The summed E-state index contributed by atoms with van der Waals surface area (Å²) >= 11 is 0. The summed E-state index contributed by atoms with van der Waals surface area (Å²) in [4.78, 5) is 31.4. The van der Waals surface area contributed by atoms with E-state index in [0.29, 0.717) is 30.1 Å². The molecule has 0 spiro atoms. The minimum Gasteiger partial charge on any atom is -0.491 e. The first kappa shape index (κ1) is 15.3. The lowest BCUT2D eigenvalue weighted by Crippen LogP contribution is -2.33. The van der Waals surface area contributed by atoms with Crippen LogP contribution in [0.25, 0.3) is 0 Å². The Morgan fingerprint density at radius 2 is 2.22 bits per heavy atom. The molecule has 1 aliphatic heterocycles. The number of aromatic nitrogens is 2. The summed E-state index contributed by atoms with van der Waals surface area (Å²) in [5.74, 6) is 1.21. The molecule has 23 heavy (non-hydrogen) atoms. The zero-order chi connectivity index (χ0) is 16.4. The number of amides is 1. The largest absolute Gasteiger partial charge is 0.491 e. The Morgan fingerprint density at radius 1 is 1.43 bits per heavy atom. The molecule has 1 amide bonds. The van der Waals surface area contributed by atoms with Crippen LogP contribution >= 0.6 is 0 Å². The second-order valence-electron chi connectivity index (χ2n) is 5.58. The van der Waals surface area contributed by atoms with Crippen LogP contribution in [0.4, 0.5) is 0 Å². The monoisotopic (exact) mass is 313 g/mol. The fourth-order valence-electron chi connectivity index (χ4n) is 2.73. The van der Waals surface area contributed by atoms with Gasteiger partial charge in [0.1, 0.15) is 18.2 Å². The molecule has 2 heterocycles. The summed E-state index contributed by atoms with van der Waals surface area (Å²) < 4.78 is 5.54. The summed E-state index contributed by atoms with van der Waals surface area (Å²) in [6.45, 7) is 4.08. The van der Waals surface area contributed by atoms with E-state index in [9.17, 15) is 9.59 Å². The molecule has 0 radical (unpaired) electrons. The van der Waals surface area contributed by atoms with Gasteiger partial charge in [-0.3, -0.25) is 9.59 Å². The van der Waals surface area contributed by atoms with E-state index in [4.69, 9.17) is 4.74 Å². The number of benzene rings is 1. The first-order valence-corrected chi connectivity index (χ1v) is 7.68. The molecule has 1 atom stereocenters. The van der Waals surface area contributed by atoms with Crippen LogP contribution in [-0.4, -0.2) is 22.5 Å². The number of para-hydroxylation sites is 1. The predicted octanol–water partition coefficient (Wildman–Crippen LogP) is 1.43. The van der Waals surface area contributed by atoms with Crippen molar-refractivity contribution in [1.82, 2.24) is 15.3 Å². The van der Waals surface area contributed by atoms with Crippen molar-refractivity contribution in [3.8, 4) is 5.75 Å². The van der Waals surface area contributed by atoms with E-state index in [1.54, 1.807) is 6.92 Å². The quantitative estimate of drug-likeness (QED) is 0.894. The highest BCUT2D eigenvalue weighted by molar-refractivity contribution is 5.79. The average Bonchev–Trinajstić information content (AvgIpc) is 2.94. The number of nitrogens with one attached hydrogen (secondary N) is 2. The Kier molecular flexibility index (Phi) is 4.14. The van der Waals surface area contributed by atoms with Gasteiger partial charge < -0.3 is 15.0 Å². The van der Waals surface area contributed by atoms with E-state index < -0.39 is 0 Å². The highest BCUT2D eigenvalue weighted by atomic mass is 16.5. The number of carbonyl (C=O) groups excluding carboxylic acids is 1. The number of aryl methyl sites for hydroxylation is 2. The Labute approximate surface area is 133 Å². The lowest BCUT2D eigenvalue weighted by atomic mass is 10.1. The summed E-state index contributed by atoms with van der Waals surface area (Å²) in [5, 5.41) is 2.92. The van der Waals surface area contributed by atoms with Crippen LogP contribution in [0.3, 0.4) is 0 Å². The third-order valence-electron chi connectivity index (χ3n) is 3.98. The van der Waals surface area contributed by atoms with E-state index in [2.05, 4.69) is 15.3 Å². The van der Waals surface area contributed by atoms with Crippen LogP contribution in [-0.2, 0) is 17.6 Å². The molecule has 3 rings (SSSR count). The molecule has 2 aromatic rings. The zero-order valence-electron chi connectivity index (χ0n) is 13.2. The molecule has 6 heteroatoms. The maximum atomic E-state index is 12.3. The smallest absolute Gasteiger partial charge is 0.254 e. The molecule has 0 fully saturated rings. The van der Waals surface area contributed by atoms with Crippen molar-refractivity contribution in [2.24, 2.45) is 0 Å². The third kappa shape index (κ3) is 3.11. The first-order chi connectivity index (χ1) is 11.1. The van der Waals surface area contributed by atoms with Gasteiger partial charge in [-0.15, -0.1) is 0 Å². The Bertz CT molecular complexity index is 798. The number of hydrogen-bond acceptors (Lipinski definition) is 4. The van der Waals surface area contributed by atoms with Crippen molar-refractivity contribution in [2.75, 3.05) is 6.61 Å². The molecule has 120 valence electrons. The third-order valence-corrected chi connectivity index (χ3v) is 3.98. The van der Waals surface area contributed by atoms with E-state index in [1.807, 2.05) is 31.2 Å². The van der Waals surface area contributed by atoms with Gasteiger partial charge >= 0.3 is 0 Å². The maximum Gasteiger partial charge on any atom is 0.254 e. The van der Waals surface area contributed by atoms with E-state index in [0.717, 1.165) is 11.3 Å². The lowest BCUT2D eigenvalue weighted by molar-refractivity contribution is -0.121. The van der Waals surface area contributed by atoms with Gasteiger partial charge in [-0.25, -0.2) is 4.98 Å². The fourth-order valence-corrected chi connectivity index (χ4v) is 2.73. The molecule has 6 nitrogen and oxygen atoms in total. The Balaban J connectivity index is 1.73. The topological polar surface area (TPSA) is 84.1 Å². The standard InChI is InChI=1S/C17H19N3O3/c1-3-15-18-10(2)12(17(22)20-15)8-16(21)19-13-9-23-14-7-5-4-6-11(13)14/h4-7,13H,3,8-9H2,1-2H3,(H,19,21)(H,18,20,22). The van der Waals surface area contributed by atoms with E-state index in [1.165, 1.54) is 0 Å². The average molecular weight is 313 g/mol. The molecular formula is C17H19N3O3. The minimum absolute atomic E-state index is 0.0107. The first-order valence-electron chi connectivity index (χ1n) is 7.68. The predicted molar refractivity (Wildman–Crippen MR) is 85.5 cm³/mol. The number of hydrogen-bond donors (Lipinski definition) is 2. The second-order valence-corrected chi connectivity index (χ2v) is 5.58. The number of fused-ring (bicyclic) bond motifs is 1. The number of carbonyl (C=O) groups is 1. The molecule has 0 saturated carbocycles. The summed E-state index contributed by atoms with van der Waals surface area (Å²) in [6.07, 6.45) is 0.662. The molecule has 1 aliphatic rings. The lowest BCUT2D eigenvalue weighted by Gasteiger charge is -2.12. The number of aromatic amines is 1. The Morgan fingerprint density at radius 3 is 2.96 bits per heavy atom. The van der Waals surface area contributed by atoms with Gasteiger partial charge in [0.05, 0.1) is 12.5 Å². The minimum atomic E-state index is -0.243.